The molecule has 1 aromatic carbocycles. The molecule has 21 heavy (non-hydrogen) atoms. The molecule has 0 radical (unpaired) electrons. The molecular formula is C17H22N2O2. The first-order chi connectivity index (χ1) is 10.1. The van der Waals surface area contributed by atoms with Gasteiger partial charge in [-0.1, -0.05) is 48.9 Å². The first-order valence-electron chi connectivity index (χ1n) is 7.73. The van der Waals surface area contributed by atoms with E-state index in [4.69, 9.17) is 0 Å². The first-order valence-corrected chi connectivity index (χ1v) is 7.73. The highest BCUT2D eigenvalue weighted by Crippen LogP contribution is 2.53. The van der Waals surface area contributed by atoms with Gasteiger partial charge in [-0.25, -0.2) is 0 Å². The van der Waals surface area contributed by atoms with E-state index < -0.39 is 0 Å². The van der Waals surface area contributed by atoms with Crippen LogP contribution in [0, 0.1) is 22.0 Å². The molecule has 1 saturated carbocycles. The van der Waals surface area contributed by atoms with Gasteiger partial charge in [0, 0.05) is 17.4 Å². The predicted molar refractivity (Wildman–Crippen MR) is 82.5 cm³/mol. The second kappa shape index (κ2) is 5.60. The summed E-state index contributed by atoms with van der Waals surface area (Å²) < 4.78 is 0. The summed E-state index contributed by atoms with van der Waals surface area (Å²) >= 11 is 0. The van der Waals surface area contributed by atoms with Crippen LogP contribution in [0.3, 0.4) is 0 Å². The Hall–Kier alpha value is -1.68. The van der Waals surface area contributed by atoms with Crippen molar-refractivity contribution in [2.24, 2.45) is 11.8 Å². The lowest BCUT2D eigenvalue weighted by Crippen LogP contribution is -2.64. The van der Waals surface area contributed by atoms with Crippen molar-refractivity contribution < 1.29 is 4.92 Å². The molecule has 4 nitrogen and oxygen atoms in total. The molecule has 3 atom stereocenters. The lowest BCUT2D eigenvalue weighted by molar-refractivity contribution is -0.497. The summed E-state index contributed by atoms with van der Waals surface area (Å²) in [5.41, 5.74) is 2.30. The van der Waals surface area contributed by atoms with Gasteiger partial charge in [0.1, 0.15) is 0 Å². The van der Waals surface area contributed by atoms with Crippen molar-refractivity contribution in [2.75, 3.05) is 6.54 Å². The third kappa shape index (κ3) is 2.72. The Kier molecular flexibility index (Phi) is 3.81. The summed E-state index contributed by atoms with van der Waals surface area (Å²) in [6.07, 6.45) is 5.43. The van der Waals surface area contributed by atoms with Gasteiger partial charge in [-0.2, -0.15) is 0 Å². The zero-order valence-electron chi connectivity index (χ0n) is 12.4. The van der Waals surface area contributed by atoms with Gasteiger partial charge in [0.05, 0.1) is 5.54 Å². The van der Waals surface area contributed by atoms with E-state index in [0.717, 1.165) is 19.3 Å². The van der Waals surface area contributed by atoms with Crippen LogP contribution in [0.4, 0.5) is 0 Å². The van der Waals surface area contributed by atoms with Crippen LogP contribution in [0.2, 0.25) is 0 Å². The van der Waals surface area contributed by atoms with Gasteiger partial charge >= 0.3 is 0 Å². The Morgan fingerprint density at radius 3 is 2.81 bits per heavy atom. The molecule has 0 aromatic heterocycles. The number of allylic oxidation sites excluding steroid dienone is 1. The molecular weight excluding hydrogens is 264 g/mol. The van der Waals surface area contributed by atoms with Crippen molar-refractivity contribution in [2.45, 2.75) is 38.3 Å². The first kappa shape index (κ1) is 14.3. The number of nitrogens with one attached hydrogen (secondary N) is 1. The Balaban J connectivity index is 1.73. The summed E-state index contributed by atoms with van der Waals surface area (Å²) in [4.78, 5) is 10.9. The smallest absolute Gasteiger partial charge is 0.222 e. The van der Waals surface area contributed by atoms with Gasteiger partial charge in [-0.15, -0.1) is 0 Å². The Morgan fingerprint density at radius 1 is 1.38 bits per heavy atom. The molecule has 0 heterocycles. The maximum absolute atomic E-state index is 11.1. The minimum absolute atomic E-state index is 0.0223. The number of nitro groups is 1. The van der Waals surface area contributed by atoms with Crippen LogP contribution in [0.1, 0.15) is 31.7 Å². The summed E-state index contributed by atoms with van der Waals surface area (Å²) in [6, 6.07) is 10.1. The molecule has 0 aliphatic heterocycles. The van der Waals surface area contributed by atoms with Gasteiger partial charge in [-0.3, -0.25) is 10.1 Å². The molecule has 2 aliphatic rings. The lowest BCUT2D eigenvalue weighted by atomic mass is 9.60. The number of benzene rings is 1. The van der Waals surface area contributed by atoms with Crippen molar-refractivity contribution in [1.82, 2.24) is 5.32 Å². The molecule has 0 saturated heterocycles. The molecule has 1 N–H and O–H groups in total. The molecule has 0 bridgehead atoms. The maximum atomic E-state index is 11.1. The molecule has 3 rings (SSSR count). The largest absolute Gasteiger partial charge is 0.301 e. The molecule has 0 amide bonds. The van der Waals surface area contributed by atoms with E-state index in [1.54, 1.807) is 0 Å². The molecule has 1 aromatic rings. The van der Waals surface area contributed by atoms with Crippen molar-refractivity contribution >= 4 is 0 Å². The summed E-state index contributed by atoms with van der Waals surface area (Å²) in [6.45, 7) is 2.89. The molecule has 4 heteroatoms. The van der Waals surface area contributed by atoms with Crippen LogP contribution in [0.15, 0.2) is 42.0 Å². The standard InChI is InChI=1S/C17H22N2O2/c1-2-13-8-15-10-17(12-19(20)21,16(15)9-13)18-11-14-6-4-3-5-7-14/h3-7,9,15-16,18H,2,8,10-12H2,1H3/t15-,16-,17-/m1/s1. The highest BCUT2D eigenvalue weighted by molar-refractivity contribution is 5.27. The van der Waals surface area contributed by atoms with E-state index in [-0.39, 0.29) is 17.0 Å². The SMILES string of the molecule is CCC1=C[C@@H]2[C@H](C1)C[C@]2(C[N+](=O)[O-])NCc1ccccc1. The number of fused-ring (bicyclic) bond motifs is 1. The fourth-order valence-electron chi connectivity index (χ4n) is 3.96. The van der Waals surface area contributed by atoms with Crippen LogP contribution in [0.25, 0.3) is 0 Å². The fourth-order valence-corrected chi connectivity index (χ4v) is 3.96. The van der Waals surface area contributed by atoms with Crippen LogP contribution < -0.4 is 5.32 Å². The fraction of sp³-hybridized carbons (Fsp3) is 0.529. The van der Waals surface area contributed by atoms with Crippen LogP contribution in [-0.4, -0.2) is 17.0 Å². The number of rotatable bonds is 6. The highest BCUT2D eigenvalue weighted by atomic mass is 16.6. The van der Waals surface area contributed by atoms with E-state index in [9.17, 15) is 10.1 Å². The van der Waals surface area contributed by atoms with Gasteiger partial charge in [0.15, 0.2) is 0 Å². The van der Waals surface area contributed by atoms with Gasteiger partial charge in [0.25, 0.3) is 0 Å². The summed E-state index contributed by atoms with van der Waals surface area (Å²) in [5.74, 6) is 0.949. The van der Waals surface area contributed by atoms with Gasteiger partial charge in [0.2, 0.25) is 6.54 Å². The van der Waals surface area contributed by atoms with E-state index in [2.05, 4.69) is 30.4 Å². The lowest BCUT2D eigenvalue weighted by Gasteiger charge is -2.50. The topological polar surface area (TPSA) is 55.2 Å². The quantitative estimate of drug-likeness (QED) is 0.496. The van der Waals surface area contributed by atoms with Gasteiger partial charge in [-0.05, 0) is 30.7 Å². The molecule has 2 aliphatic carbocycles. The predicted octanol–water partition coefficient (Wildman–Crippen LogP) is 3.17. The van der Waals surface area contributed by atoms with Crippen LogP contribution in [-0.2, 0) is 6.54 Å². The Labute approximate surface area is 125 Å². The third-order valence-electron chi connectivity index (χ3n) is 5.06. The van der Waals surface area contributed by atoms with E-state index >= 15 is 0 Å². The van der Waals surface area contributed by atoms with Crippen LogP contribution in [0.5, 0.6) is 0 Å². The monoisotopic (exact) mass is 286 g/mol. The summed E-state index contributed by atoms with van der Waals surface area (Å²) in [7, 11) is 0. The average Bonchev–Trinajstić information content (AvgIpc) is 2.82. The average molecular weight is 286 g/mol. The Morgan fingerprint density at radius 2 is 2.14 bits per heavy atom. The zero-order chi connectivity index (χ0) is 14.9. The second-order valence-electron chi connectivity index (χ2n) is 6.36. The van der Waals surface area contributed by atoms with E-state index in [0.29, 0.717) is 18.4 Å². The Bertz CT molecular complexity index is 555. The molecule has 0 spiro atoms. The van der Waals surface area contributed by atoms with Crippen molar-refractivity contribution in [1.29, 1.82) is 0 Å². The summed E-state index contributed by atoms with van der Waals surface area (Å²) in [5, 5.41) is 14.6. The highest BCUT2D eigenvalue weighted by Gasteiger charge is 2.57. The van der Waals surface area contributed by atoms with E-state index in [1.165, 1.54) is 11.1 Å². The van der Waals surface area contributed by atoms with Crippen molar-refractivity contribution in [3.05, 3.63) is 57.7 Å². The molecule has 0 unspecified atom stereocenters. The third-order valence-corrected chi connectivity index (χ3v) is 5.06. The second-order valence-corrected chi connectivity index (χ2v) is 6.36. The normalized spacial score (nSPS) is 30.4. The number of hydrogen-bond donors (Lipinski definition) is 1. The van der Waals surface area contributed by atoms with Gasteiger partial charge < -0.3 is 5.32 Å². The number of hydrogen-bond acceptors (Lipinski definition) is 3. The zero-order valence-corrected chi connectivity index (χ0v) is 12.4. The molecule has 1 fully saturated rings. The van der Waals surface area contributed by atoms with Crippen molar-refractivity contribution in [3.63, 3.8) is 0 Å². The minimum Gasteiger partial charge on any atom is -0.301 e. The van der Waals surface area contributed by atoms with Crippen LogP contribution >= 0.6 is 0 Å². The van der Waals surface area contributed by atoms with E-state index in [1.807, 2.05) is 18.2 Å². The molecule has 112 valence electrons. The van der Waals surface area contributed by atoms with Crippen molar-refractivity contribution in [3.8, 4) is 0 Å². The maximum Gasteiger partial charge on any atom is 0.222 e. The number of nitrogens with zero attached hydrogens (tertiary/aromatic N) is 1. The minimum atomic E-state index is -0.346.